The van der Waals surface area contributed by atoms with E-state index in [9.17, 15) is 8.42 Å². The lowest BCUT2D eigenvalue weighted by Crippen LogP contribution is -2.03. The van der Waals surface area contributed by atoms with Gasteiger partial charge in [-0.25, -0.2) is 18.4 Å². The first-order chi connectivity index (χ1) is 14.5. The summed E-state index contributed by atoms with van der Waals surface area (Å²) in [5, 5.41) is 0. The Balaban J connectivity index is 1.86. The predicted molar refractivity (Wildman–Crippen MR) is 121 cm³/mol. The van der Waals surface area contributed by atoms with Crippen LogP contribution in [0.4, 0.5) is 0 Å². The van der Waals surface area contributed by atoms with E-state index >= 15 is 0 Å². The number of hydrogen-bond acceptors (Lipinski definition) is 4. The van der Waals surface area contributed by atoms with Gasteiger partial charge in [-0.1, -0.05) is 6.08 Å². The molecule has 0 saturated carbocycles. The van der Waals surface area contributed by atoms with Crippen molar-refractivity contribution in [3.8, 4) is 0 Å². The SMILES string of the molecule is C=CCS(=O)(=O)c1cc2cc3ccc(cc4nc(cc5nc(cc1[nH]2)C=C5)C=C4)[nH]3. The number of nitrogens with one attached hydrogen (secondary N) is 2. The van der Waals surface area contributed by atoms with Crippen LogP contribution in [0, 0.1) is 0 Å². The fraction of sp³-hybridized carbons (Fsp3) is 0.0435. The number of aromatic amines is 2. The Morgan fingerprint density at radius 1 is 0.767 bits per heavy atom. The monoisotopic (exact) mass is 414 g/mol. The summed E-state index contributed by atoms with van der Waals surface area (Å²) >= 11 is 0. The molecular formula is C23H18N4O2S. The molecule has 0 aromatic carbocycles. The molecule has 3 aromatic rings. The van der Waals surface area contributed by atoms with E-state index in [0.29, 0.717) is 16.7 Å². The highest BCUT2D eigenvalue weighted by molar-refractivity contribution is 7.91. The summed E-state index contributed by atoms with van der Waals surface area (Å²) in [6.45, 7) is 3.57. The number of fused-ring (bicyclic) bond motifs is 8. The molecule has 0 aliphatic carbocycles. The first-order valence-electron chi connectivity index (χ1n) is 9.41. The summed E-state index contributed by atoms with van der Waals surface area (Å²) in [5.74, 6) is -0.134. The maximum Gasteiger partial charge on any atom is 0.184 e. The van der Waals surface area contributed by atoms with Gasteiger partial charge in [-0.2, -0.15) is 0 Å². The Labute approximate surface area is 173 Å². The Kier molecular flexibility index (Phi) is 4.25. The van der Waals surface area contributed by atoms with Crippen LogP contribution in [0.3, 0.4) is 0 Å². The Hall–Kier alpha value is -3.71. The van der Waals surface area contributed by atoms with Crippen molar-refractivity contribution in [1.82, 2.24) is 19.9 Å². The van der Waals surface area contributed by atoms with Crippen molar-refractivity contribution >= 4 is 56.2 Å². The maximum atomic E-state index is 12.8. The molecule has 7 heteroatoms. The van der Waals surface area contributed by atoms with Crippen molar-refractivity contribution in [3.63, 3.8) is 0 Å². The van der Waals surface area contributed by atoms with E-state index in [2.05, 4.69) is 26.5 Å². The molecule has 0 atom stereocenters. The minimum absolute atomic E-state index is 0.134. The molecule has 0 unspecified atom stereocenters. The molecule has 0 fully saturated rings. The van der Waals surface area contributed by atoms with Crippen molar-refractivity contribution in [3.05, 3.63) is 77.9 Å². The molecule has 2 aliphatic heterocycles. The molecule has 6 nitrogen and oxygen atoms in total. The highest BCUT2D eigenvalue weighted by atomic mass is 32.2. The van der Waals surface area contributed by atoms with E-state index < -0.39 is 9.84 Å². The van der Waals surface area contributed by atoms with Crippen molar-refractivity contribution in [1.29, 1.82) is 0 Å². The van der Waals surface area contributed by atoms with Crippen LogP contribution in [0.15, 0.2) is 60.0 Å². The van der Waals surface area contributed by atoms with Crippen LogP contribution in [-0.4, -0.2) is 34.1 Å². The number of rotatable bonds is 3. The summed E-state index contributed by atoms with van der Waals surface area (Å²) in [6.07, 6.45) is 9.02. The normalized spacial score (nSPS) is 12.9. The molecule has 5 rings (SSSR count). The predicted octanol–water partition coefficient (Wildman–Crippen LogP) is 4.62. The van der Waals surface area contributed by atoms with Crippen molar-refractivity contribution in [2.75, 3.05) is 5.75 Å². The van der Waals surface area contributed by atoms with Gasteiger partial charge >= 0.3 is 0 Å². The second-order valence-corrected chi connectivity index (χ2v) is 9.11. The minimum atomic E-state index is -3.52. The van der Waals surface area contributed by atoms with Crippen LogP contribution < -0.4 is 0 Å². The summed E-state index contributed by atoms with van der Waals surface area (Å²) in [5.41, 5.74) is 6.01. The van der Waals surface area contributed by atoms with E-state index in [1.165, 1.54) is 6.08 Å². The van der Waals surface area contributed by atoms with Crippen LogP contribution in [0.5, 0.6) is 0 Å². The molecule has 2 aliphatic rings. The molecule has 0 amide bonds. The quantitative estimate of drug-likeness (QED) is 0.422. The molecule has 0 radical (unpaired) electrons. The number of nitrogens with zero attached hydrogens (tertiary/aromatic N) is 2. The second-order valence-electron chi connectivity index (χ2n) is 7.11. The zero-order chi connectivity index (χ0) is 20.7. The van der Waals surface area contributed by atoms with E-state index in [1.807, 2.05) is 54.6 Å². The first-order valence-corrected chi connectivity index (χ1v) is 11.1. The van der Waals surface area contributed by atoms with E-state index in [1.54, 1.807) is 12.1 Å². The standard InChI is InChI=1S/C23H18N4O2S/c1-2-9-30(28,29)23-14-21-12-19-6-5-17(25-19)10-15-3-4-16(24-15)11-18-7-8-20(26-18)13-22(23)27-21/h2-8,10-14,25,27H,1,9H2. The molecule has 0 saturated heterocycles. The van der Waals surface area contributed by atoms with Crippen molar-refractivity contribution in [2.45, 2.75) is 4.90 Å². The van der Waals surface area contributed by atoms with Crippen LogP contribution >= 0.6 is 0 Å². The topological polar surface area (TPSA) is 91.5 Å². The molecule has 5 heterocycles. The van der Waals surface area contributed by atoms with E-state index in [-0.39, 0.29) is 10.6 Å². The highest BCUT2D eigenvalue weighted by Crippen LogP contribution is 2.23. The molecule has 2 N–H and O–H groups in total. The van der Waals surface area contributed by atoms with Gasteiger partial charge in [-0.05, 0) is 66.8 Å². The number of sulfone groups is 1. The molecule has 0 spiro atoms. The molecular weight excluding hydrogens is 396 g/mol. The van der Waals surface area contributed by atoms with Gasteiger partial charge in [0.2, 0.25) is 0 Å². The smallest absolute Gasteiger partial charge is 0.184 e. The van der Waals surface area contributed by atoms with Crippen LogP contribution in [-0.2, 0) is 9.84 Å². The van der Waals surface area contributed by atoms with Gasteiger partial charge < -0.3 is 9.97 Å². The summed E-state index contributed by atoms with van der Waals surface area (Å²) in [7, 11) is -3.52. The average Bonchev–Trinajstić information content (AvgIpc) is 3.46. The lowest BCUT2D eigenvalue weighted by atomic mass is 10.3. The highest BCUT2D eigenvalue weighted by Gasteiger charge is 2.17. The van der Waals surface area contributed by atoms with Gasteiger partial charge in [-0.3, -0.25) is 0 Å². The zero-order valence-electron chi connectivity index (χ0n) is 16.0. The summed E-state index contributed by atoms with van der Waals surface area (Å²) in [6, 6.07) is 13.0. The summed E-state index contributed by atoms with van der Waals surface area (Å²) < 4.78 is 25.5. The molecule has 30 heavy (non-hydrogen) atoms. The fourth-order valence-corrected chi connectivity index (χ4v) is 4.74. The minimum Gasteiger partial charge on any atom is -0.355 e. The third kappa shape index (κ3) is 3.51. The first kappa shape index (κ1) is 18.3. The summed E-state index contributed by atoms with van der Waals surface area (Å²) in [4.78, 5) is 15.9. The van der Waals surface area contributed by atoms with Gasteiger partial charge in [0.05, 0.1) is 38.9 Å². The van der Waals surface area contributed by atoms with Crippen LogP contribution in [0.2, 0.25) is 0 Å². The molecule has 148 valence electrons. The van der Waals surface area contributed by atoms with Gasteiger partial charge in [0.25, 0.3) is 0 Å². The fourth-order valence-electron chi connectivity index (χ4n) is 3.49. The van der Waals surface area contributed by atoms with E-state index in [0.717, 1.165) is 28.1 Å². The Morgan fingerprint density at radius 3 is 2.03 bits per heavy atom. The molecule has 8 bridgehead atoms. The van der Waals surface area contributed by atoms with Crippen molar-refractivity contribution < 1.29 is 8.42 Å². The lowest BCUT2D eigenvalue weighted by Gasteiger charge is -1.97. The zero-order valence-corrected chi connectivity index (χ0v) is 16.8. The third-order valence-corrected chi connectivity index (χ3v) is 6.49. The van der Waals surface area contributed by atoms with Gasteiger partial charge in [0.1, 0.15) is 0 Å². The maximum absolute atomic E-state index is 12.8. The number of H-pyrrole nitrogens is 2. The van der Waals surface area contributed by atoms with Crippen molar-refractivity contribution in [2.24, 2.45) is 0 Å². The Bertz CT molecular complexity index is 1500. The Morgan fingerprint density at radius 2 is 1.37 bits per heavy atom. The average molecular weight is 414 g/mol. The third-order valence-electron chi connectivity index (χ3n) is 4.80. The largest absolute Gasteiger partial charge is 0.355 e. The lowest BCUT2D eigenvalue weighted by molar-refractivity contribution is 0.600. The van der Waals surface area contributed by atoms with Crippen LogP contribution in [0.1, 0.15) is 22.8 Å². The number of aromatic nitrogens is 4. The van der Waals surface area contributed by atoms with Crippen LogP contribution in [0.25, 0.3) is 46.4 Å². The van der Waals surface area contributed by atoms with Gasteiger partial charge in [0.15, 0.2) is 9.84 Å². The van der Waals surface area contributed by atoms with Gasteiger partial charge in [0, 0.05) is 16.6 Å². The molecule has 3 aromatic heterocycles. The second kappa shape index (κ2) is 6.96. The van der Waals surface area contributed by atoms with E-state index in [4.69, 9.17) is 0 Å². The van der Waals surface area contributed by atoms with Gasteiger partial charge in [-0.15, -0.1) is 6.58 Å². The number of hydrogen-bond donors (Lipinski definition) is 2.